The van der Waals surface area contributed by atoms with Crippen LogP contribution in [0.3, 0.4) is 0 Å². The van der Waals surface area contributed by atoms with Crippen molar-refractivity contribution in [2.75, 3.05) is 13.4 Å². The maximum atomic E-state index is 10.8. The van der Waals surface area contributed by atoms with Crippen LogP contribution in [0.4, 0.5) is 0 Å². The van der Waals surface area contributed by atoms with Gasteiger partial charge in [-0.2, -0.15) is 0 Å². The van der Waals surface area contributed by atoms with Crippen LogP contribution in [-0.4, -0.2) is 62.3 Å². The summed E-state index contributed by atoms with van der Waals surface area (Å²) in [6, 6.07) is 1.79. The van der Waals surface area contributed by atoms with Crippen LogP contribution in [0.2, 0.25) is 5.15 Å². The second-order valence-corrected chi connectivity index (χ2v) is 9.96. The van der Waals surface area contributed by atoms with Gasteiger partial charge in [0.25, 0.3) is 0 Å². The number of aromatic nitrogens is 3. The summed E-state index contributed by atoms with van der Waals surface area (Å²) in [7, 11) is 0. The molecule has 7 nitrogen and oxygen atoms in total. The molecule has 0 bridgehead atoms. The van der Waals surface area contributed by atoms with Crippen molar-refractivity contribution < 1.29 is 19.3 Å². The Bertz CT molecular complexity index is 1070. The number of aliphatic hydroxyl groups excluding tert-OH is 1. The van der Waals surface area contributed by atoms with Crippen LogP contribution in [0.1, 0.15) is 13.8 Å². The molecule has 31 heavy (non-hydrogen) atoms. The van der Waals surface area contributed by atoms with E-state index in [0.29, 0.717) is 28.4 Å². The van der Waals surface area contributed by atoms with Crippen molar-refractivity contribution >= 4 is 45.8 Å². The van der Waals surface area contributed by atoms with Crippen LogP contribution in [0, 0.1) is 5.92 Å². The molecule has 6 atom stereocenters. The second-order valence-electron chi connectivity index (χ2n) is 8.40. The first-order valence-electron chi connectivity index (χ1n) is 10.1. The Morgan fingerprint density at radius 1 is 1.23 bits per heavy atom. The second kappa shape index (κ2) is 7.70. The third-order valence-electron chi connectivity index (χ3n) is 6.23. The van der Waals surface area contributed by atoms with Crippen LogP contribution in [-0.2, 0) is 19.2 Å². The van der Waals surface area contributed by atoms with Crippen LogP contribution < -0.4 is 0 Å². The van der Waals surface area contributed by atoms with E-state index in [9.17, 15) is 5.11 Å². The SMILES string of the molecule is CC(C)C(O)C1=CC(Cl)([C@H]2OC[C@H]3OCO[C@H]32)[C@@](Cl)(n2ccc3c(Cl)ncnc32)C=C1. The Kier molecular flexibility index (Phi) is 5.37. The summed E-state index contributed by atoms with van der Waals surface area (Å²) in [5, 5.41) is 11.7. The molecule has 0 radical (unpaired) electrons. The summed E-state index contributed by atoms with van der Waals surface area (Å²) in [5.41, 5.74) is 1.19. The molecule has 2 aromatic rings. The fraction of sp³-hybridized carbons (Fsp3) is 0.524. The number of fused-ring (bicyclic) bond motifs is 2. The van der Waals surface area contributed by atoms with Gasteiger partial charge in [-0.1, -0.05) is 49.2 Å². The van der Waals surface area contributed by atoms with E-state index >= 15 is 0 Å². The smallest absolute Gasteiger partial charge is 0.164 e. The topological polar surface area (TPSA) is 78.6 Å². The minimum atomic E-state index is -1.33. The molecular formula is C21H22Cl3N3O4. The van der Waals surface area contributed by atoms with Gasteiger partial charge >= 0.3 is 0 Å². The summed E-state index contributed by atoms with van der Waals surface area (Å²) < 4.78 is 19.3. The predicted molar refractivity (Wildman–Crippen MR) is 117 cm³/mol. The van der Waals surface area contributed by atoms with Crippen LogP contribution in [0.25, 0.3) is 11.0 Å². The molecule has 5 rings (SSSR count). The molecule has 1 N–H and O–H groups in total. The molecule has 10 heteroatoms. The number of alkyl halides is 2. The highest BCUT2D eigenvalue weighted by atomic mass is 35.5. The first-order chi connectivity index (χ1) is 14.8. The number of allylic oxidation sites excluding steroid dienone is 1. The fourth-order valence-corrected chi connectivity index (χ4v) is 5.53. The summed E-state index contributed by atoms with van der Waals surface area (Å²) in [6.07, 6.45) is 6.54. The third kappa shape index (κ3) is 3.17. The van der Waals surface area contributed by atoms with E-state index in [1.54, 1.807) is 35.1 Å². The molecule has 166 valence electrons. The van der Waals surface area contributed by atoms with Crippen molar-refractivity contribution in [3.63, 3.8) is 0 Å². The van der Waals surface area contributed by atoms with Gasteiger partial charge in [0.15, 0.2) is 5.00 Å². The quantitative estimate of drug-likeness (QED) is 0.525. The maximum absolute atomic E-state index is 10.8. The predicted octanol–water partition coefficient (Wildman–Crippen LogP) is 3.61. The molecular weight excluding hydrogens is 465 g/mol. The van der Waals surface area contributed by atoms with Crippen molar-refractivity contribution in [1.82, 2.24) is 14.5 Å². The molecule has 2 unspecified atom stereocenters. The number of hydrogen-bond donors (Lipinski definition) is 1. The molecule has 4 heterocycles. The van der Waals surface area contributed by atoms with Gasteiger partial charge in [0, 0.05) is 6.20 Å². The van der Waals surface area contributed by atoms with Gasteiger partial charge in [-0.05, 0) is 23.6 Å². The Morgan fingerprint density at radius 3 is 2.81 bits per heavy atom. The zero-order chi connectivity index (χ0) is 22.0. The van der Waals surface area contributed by atoms with Crippen molar-refractivity contribution in [2.45, 2.75) is 48.1 Å². The molecule has 0 aromatic carbocycles. The molecule has 2 saturated heterocycles. The molecule has 2 fully saturated rings. The number of rotatable bonds is 4. The van der Waals surface area contributed by atoms with Crippen LogP contribution in [0.15, 0.2) is 42.4 Å². The Labute approximate surface area is 194 Å². The average Bonchev–Trinajstić information content (AvgIpc) is 3.45. The lowest BCUT2D eigenvalue weighted by molar-refractivity contribution is -0.0554. The lowest BCUT2D eigenvalue weighted by Gasteiger charge is -2.46. The highest BCUT2D eigenvalue weighted by molar-refractivity contribution is 6.37. The lowest BCUT2D eigenvalue weighted by atomic mass is 9.80. The van der Waals surface area contributed by atoms with Crippen molar-refractivity contribution in [3.8, 4) is 0 Å². The van der Waals surface area contributed by atoms with E-state index in [1.807, 2.05) is 13.8 Å². The largest absolute Gasteiger partial charge is 0.388 e. The zero-order valence-electron chi connectivity index (χ0n) is 16.9. The van der Waals surface area contributed by atoms with E-state index in [-0.39, 0.29) is 18.8 Å². The van der Waals surface area contributed by atoms with Gasteiger partial charge in [0.2, 0.25) is 0 Å². The van der Waals surface area contributed by atoms with Crippen molar-refractivity contribution in [3.05, 3.63) is 47.5 Å². The number of aliphatic hydroxyl groups is 1. The molecule has 0 saturated carbocycles. The number of ether oxygens (including phenoxy) is 3. The average molecular weight is 487 g/mol. The van der Waals surface area contributed by atoms with Crippen LogP contribution in [0.5, 0.6) is 0 Å². The summed E-state index contributed by atoms with van der Waals surface area (Å²) >= 11 is 21.0. The minimum absolute atomic E-state index is 0.0121. The fourth-order valence-electron chi connectivity index (χ4n) is 4.51. The summed E-state index contributed by atoms with van der Waals surface area (Å²) in [6.45, 7) is 4.39. The zero-order valence-corrected chi connectivity index (χ0v) is 19.2. The van der Waals surface area contributed by atoms with E-state index in [4.69, 9.17) is 49.0 Å². The maximum Gasteiger partial charge on any atom is 0.164 e. The molecule has 0 amide bonds. The molecule has 2 aliphatic heterocycles. The van der Waals surface area contributed by atoms with E-state index < -0.39 is 28.2 Å². The Balaban J connectivity index is 1.68. The Hall–Kier alpha value is -1.19. The first kappa shape index (κ1) is 21.6. The van der Waals surface area contributed by atoms with Crippen molar-refractivity contribution in [2.24, 2.45) is 5.92 Å². The van der Waals surface area contributed by atoms with Crippen molar-refractivity contribution in [1.29, 1.82) is 0 Å². The standard InChI is InChI=1S/C21H22Cl3N3O4/c1-11(2)15(28)12-3-5-21(24,27-6-4-13-18(22)25-9-26-19(13)27)20(23,7-12)17-16-14(8-29-17)30-10-31-16/h3-7,9,11,14-17,28H,8,10H2,1-2H3/t14-,15?,16-,17+,20?,21+/m1/s1. The van der Waals surface area contributed by atoms with Gasteiger partial charge in [-0.15, -0.1) is 11.6 Å². The Morgan fingerprint density at radius 2 is 2.03 bits per heavy atom. The van der Waals surface area contributed by atoms with Gasteiger partial charge < -0.3 is 23.9 Å². The molecule has 3 aliphatic rings. The normalized spacial score (nSPS) is 36.2. The van der Waals surface area contributed by atoms with E-state index in [2.05, 4.69) is 9.97 Å². The monoisotopic (exact) mass is 485 g/mol. The molecule has 1 aliphatic carbocycles. The van der Waals surface area contributed by atoms with Gasteiger partial charge in [-0.25, -0.2) is 9.97 Å². The van der Waals surface area contributed by atoms with Gasteiger partial charge in [0.05, 0.1) is 18.1 Å². The van der Waals surface area contributed by atoms with E-state index in [0.717, 1.165) is 0 Å². The lowest BCUT2D eigenvalue weighted by Crippen LogP contribution is -2.58. The van der Waals surface area contributed by atoms with Gasteiger partial charge in [0.1, 0.15) is 47.1 Å². The molecule has 2 aromatic heterocycles. The van der Waals surface area contributed by atoms with Gasteiger partial charge in [-0.3, -0.25) is 0 Å². The van der Waals surface area contributed by atoms with E-state index in [1.165, 1.54) is 6.33 Å². The minimum Gasteiger partial charge on any atom is -0.388 e. The highest BCUT2D eigenvalue weighted by Crippen LogP contribution is 2.53. The van der Waals surface area contributed by atoms with Crippen LogP contribution >= 0.6 is 34.8 Å². The third-order valence-corrected chi connectivity index (χ3v) is 7.86. The molecule has 0 spiro atoms. The summed E-state index contributed by atoms with van der Waals surface area (Å²) in [5.74, 6) is -0.0121. The number of halogens is 3. The summed E-state index contributed by atoms with van der Waals surface area (Å²) in [4.78, 5) is 5.77. The number of hydrogen-bond acceptors (Lipinski definition) is 6. The first-order valence-corrected chi connectivity index (χ1v) is 11.2. The number of nitrogens with zero attached hydrogens (tertiary/aromatic N) is 3. The highest BCUT2D eigenvalue weighted by Gasteiger charge is 2.62.